The fraction of sp³-hybridized carbons (Fsp3) is 0.556. The van der Waals surface area contributed by atoms with Crippen LogP contribution in [0.1, 0.15) is 58.8 Å². The molecule has 0 bridgehead atoms. The van der Waals surface area contributed by atoms with E-state index in [1.165, 1.54) is 56.3 Å². The van der Waals surface area contributed by atoms with Crippen molar-refractivity contribution < 1.29 is 0 Å². The molecule has 2 N–H and O–H groups in total. The van der Waals surface area contributed by atoms with Crippen molar-refractivity contribution in [3.8, 4) is 0 Å². The van der Waals surface area contributed by atoms with E-state index in [1.807, 2.05) is 0 Å². The molecule has 4 rings (SSSR count). The van der Waals surface area contributed by atoms with Gasteiger partial charge >= 0.3 is 0 Å². The first-order chi connectivity index (χ1) is 14.2. The van der Waals surface area contributed by atoms with Gasteiger partial charge in [-0.3, -0.25) is 0 Å². The van der Waals surface area contributed by atoms with E-state index in [-0.39, 0.29) is 0 Å². The normalized spacial score (nSPS) is 32.5. The van der Waals surface area contributed by atoms with Crippen molar-refractivity contribution in [1.29, 1.82) is 0 Å². The van der Waals surface area contributed by atoms with E-state index in [2.05, 4.69) is 85.1 Å². The van der Waals surface area contributed by atoms with Gasteiger partial charge in [-0.25, -0.2) is 0 Å². The van der Waals surface area contributed by atoms with Crippen molar-refractivity contribution in [2.24, 2.45) is 23.7 Å². The molecular formula is C27H38N2. The van der Waals surface area contributed by atoms with Crippen molar-refractivity contribution in [2.45, 2.75) is 70.9 Å². The number of para-hydroxylation sites is 2. The number of rotatable bonds is 6. The summed E-state index contributed by atoms with van der Waals surface area (Å²) in [6.45, 7) is 4.91. The van der Waals surface area contributed by atoms with Crippen molar-refractivity contribution in [3.63, 3.8) is 0 Å². The molecule has 6 atom stereocenters. The molecule has 2 heteroatoms. The van der Waals surface area contributed by atoms with Crippen molar-refractivity contribution in [2.75, 3.05) is 10.6 Å². The molecule has 0 aliphatic heterocycles. The van der Waals surface area contributed by atoms with Crippen molar-refractivity contribution in [1.82, 2.24) is 0 Å². The monoisotopic (exact) mass is 390 g/mol. The van der Waals surface area contributed by atoms with Gasteiger partial charge in [0.25, 0.3) is 0 Å². The van der Waals surface area contributed by atoms with Gasteiger partial charge in [0, 0.05) is 23.5 Å². The average molecular weight is 391 g/mol. The van der Waals surface area contributed by atoms with E-state index < -0.39 is 0 Å². The van der Waals surface area contributed by atoms with Crippen LogP contribution in [0.3, 0.4) is 0 Å². The van der Waals surface area contributed by atoms with Gasteiger partial charge in [0.15, 0.2) is 0 Å². The number of benzene rings is 2. The molecule has 2 fully saturated rings. The van der Waals surface area contributed by atoms with Gasteiger partial charge in [0.1, 0.15) is 0 Å². The van der Waals surface area contributed by atoms with Gasteiger partial charge in [0.2, 0.25) is 0 Å². The Labute approximate surface area is 177 Å². The molecule has 156 valence electrons. The Morgan fingerprint density at radius 3 is 1.41 bits per heavy atom. The lowest BCUT2D eigenvalue weighted by Crippen LogP contribution is -2.36. The molecule has 0 heterocycles. The minimum atomic E-state index is 0.637. The molecule has 2 aliphatic carbocycles. The maximum atomic E-state index is 3.78. The minimum absolute atomic E-state index is 0.637. The highest BCUT2D eigenvalue weighted by Gasteiger charge is 2.32. The Balaban J connectivity index is 1.22. The third kappa shape index (κ3) is 5.56. The standard InChI is InChI=1S/C27H38N2/c1-20-17-22(13-15-26(20)28-24-9-5-3-6-10-24)19-23-14-16-27(21(2)18-23)29-25-11-7-4-8-12-25/h3-12,20-23,26-29H,13-19H2,1-2H3. The molecule has 6 unspecified atom stereocenters. The summed E-state index contributed by atoms with van der Waals surface area (Å²) in [5.41, 5.74) is 2.56. The largest absolute Gasteiger partial charge is 0.382 e. The van der Waals surface area contributed by atoms with E-state index in [0.29, 0.717) is 12.1 Å². The molecule has 2 aliphatic rings. The first-order valence-corrected chi connectivity index (χ1v) is 11.8. The van der Waals surface area contributed by atoms with Crippen LogP contribution in [0.25, 0.3) is 0 Å². The van der Waals surface area contributed by atoms with Gasteiger partial charge in [0.05, 0.1) is 0 Å². The summed E-state index contributed by atoms with van der Waals surface area (Å²) in [4.78, 5) is 0. The molecule has 2 nitrogen and oxygen atoms in total. The number of hydrogen-bond donors (Lipinski definition) is 2. The van der Waals surface area contributed by atoms with E-state index in [4.69, 9.17) is 0 Å². The van der Waals surface area contributed by atoms with Gasteiger partial charge in [-0.2, -0.15) is 0 Å². The van der Waals surface area contributed by atoms with Crippen LogP contribution in [0.15, 0.2) is 60.7 Å². The summed E-state index contributed by atoms with van der Waals surface area (Å²) in [5.74, 6) is 3.38. The molecular weight excluding hydrogens is 352 g/mol. The van der Waals surface area contributed by atoms with Crippen LogP contribution < -0.4 is 10.6 Å². The zero-order valence-corrected chi connectivity index (χ0v) is 18.2. The second kappa shape index (κ2) is 9.69. The van der Waals surface area contributed by atoms with E-state index in [9.17, 15) is 0 Å². The highest BCUT2D eigenvalue weighted by Crippen LogP contribution is 2.40. The van der Waals surface area contributed by atoms with Crippen LogP contribution in [0.2, 0.25) is 0 Å². The van der Waals surface area contributed by atoms with Crippen LogP contribution in [-0.4, -0.2) is 12.1 Å². The van der Waals surface area contributed by atoms with E-state index in [1.54, 1.807) is 0 Å². The Bertz CT molecular complexity index is 665. The second-order valence-corrected chi connectivity index (χ2v) is 9.78. The van der Waals surface area contributed by atoms with Gasteiger partial charge in [-0.05, 0) is 92.9 Å². The smallest absolute Gasteiger partial charge is 0.0342 e. The molecule has 0 saturated heterocycles. The minimum Gasteiger partial charge on any atom is -0.382 e. The Morgan fingerprint density at radius 1 is 0.621 bits per heavy atom. The van der Waals surface area contributed by atoms with Crippen LogP contribution in [-0.2, 0) is 0 Å². The molecule has 0 spiro atoms. The zero-order valence-electron chi connectivity index (χ0n) is 18.2. The Kier molecular flexibility index (Phi) is 6.79. The van der Waals surface area contributed by atoms with Crippen LogP contribution in [0.5, 0.6) is 0 Å². The summed E-state index contributed by atoms with van der Waals surface area (Å²) in [7, 11) is 0. The lowest BCUT2D eigenvalue weighted by Gasteiger charge is -2.40. The highest BCUT2D eigenvalue weighted by molar-refractivity contribution is 5.44. The zero-order chi connectivity index (χ0) is 20.1. The summed E-state index contributed by atoms with van der Waals surface area (Å²) in [6.07, 6.45) is 9.66. The Hall–Kier alpha value is -1.96. The van der Waals surface area contributed by atoms with E-state index in [0.717, 1.165) is 23.7 Å². The number of nitrogens with one attached hydrogen (secondary N) is 2. The van der Waals surface area contributed by atoms with Crippen molar-refractivity contribution in [3.05, 3.63) is 60.7 Å². The molecule has 2 aromatic rings. The maximum absolute atomic E-state index is 3.78. The summed E-state index contributed by atoms with van der Waals surface area (Å²) in [5, 5.41) is 7.57. The van der Waals surface area contributed by atoms with E-state index >= 15 is 0 Å². The fourth-order valence-electron chi connectivity index (χ4n) is 5.84. The third-order valence-corrected chi connectivity index (χ3v) is 7.47. The fourth-order valence-corrected chi connectivity index (χ4v) is 5.84. The van der Waals surface area contributed by atoms with Gasteiger partial charge < -0.3 is 10.6 Å². The summed E-state index contributed by atoms with van der Waals surface area (Å²) < 4.78 is 0. The SMILES string of the molecule is CC1CC(CC2CCC(Nc3ccccc3)C(C)C2)CCC1Nc1ccccc1. The maximum Gasteiger partial charge on any atom is 0.0342 e. The van der Waals surface area contributed by atoms with Crippen LogP contribution in [0.4, 0.5) is 11.4 Å². The molecule has 0 radical (unpaired) electrons. The molecule has 2 aromatic carbocycles. The molecule has 2 saturated carbocycles. The first kappa shape index (κ1) is 20.3. The molecule has 29 heavy (non-hydrogen) atoms. The molecule has 0 amide bonds. The number of anilines is 2. The Morgan fingerprint density at radius 2 is 1.03 bits per heavy atom. The second-order valence-electron chi connectivity index (χ2n) is 9.78. The lowest BCUT2D eigenvalue weighted by molar-refractivity contribution is 0.177. The number of hydrogen-bond acceptors (Lipinski definition) is 2. The quantitative estimate of drug-likeness (QED) is 0.544. The third-order valence-electron chi connectivity index (χ3n) is 7.47. The predicted octanol–water partition coefficient (Wildman–Crippen LogP) is 7.21. The van der Waals surface area contributed by atoms with Crippen molar-refractivity contribution >= 4 is 11.4 Å². The average Bonchev–Trinajstić information content (AvgIpc) is 2.74. The molecule has 0 aromatic heterocycles. The first-order valence-electron chi connectivity index (χ1n) is 11.8. The van der Waals surface area contributed by atoms with Gasteiger partial charge in [-0.15, -0.1) is 0 Å². The van der Waals surface area contributed by atoms with Crippen LogP contribution in [0, 0.1) is 23.7 Å². The van der Waals surface area contributed by atoms with Gasteiger partial charge in [-0.1, -0.05) is 50.2 Å². The topological polar surface area (TPSA) is 24.1 Å². The predicted molar refractivity (Wildman–Crippen MR) is 125 cm³/mol. The summed E-state index contributed by atoms with van der Waals surface area (Å²) in [6, 6.07) is 22.8. The summed E-state index contributed by atoms with van der Waals surface area (Å²) >= 11 is 0. The lowest BCUT2D eigenvalue weighted by atomic mass is 9.70. The highest BCUT2D eigenvalue weighted by atomic mass is 14.9. The van der Waals surface area contributed by atoms with Crippen LogP contribution >= 0.6 is 0 Å².